The molecule has 0 saturated carbocycles. The van der Waals surface area contributed by atoms with E-state index in [0.717, 1.165) is 27.5 Å². The van der Waals surface area contributed by atoms with Crippen molar-refractivity contribution in [1.29, 1.82) is 5.26 Å². The van der Waals surface area contributed by atoms with Gasteiger partial charge in [-0.25, -0.2) is 10.4 Å². The van der Waals surface area contributed by atoms with Gasteiger partial charge in [0.25, 0.3) is 5.91 Å². The summed E-state index contributed by atoms with van der Waals surface area (Å²) >= 11 is 0. The normalized spacial score (nSPS) is 11.2. The number of nitriles is 1. The Balaban J connectivity index is 1.47. The SMILES string of the molecule is N#CCCn1cc(/C=N\NC(=O)Cn2cnc3ccccc32)c2ccccc21. The number of aromatic nitrogens is 3. The highest BCUT2D eigenvalue weighted by Gasteiger charge is 2.08. The lowest BCUT2D eigenvalue weighted by Gasteiger charge is -2.02. The molecule has 4 aromatic rings. The molecule has 138 valence electrons. The number of hydrogen-bond acceptors (Lipinski definition) is 4. The van der Waals surface area contributed by atoms with Crippen molar-refractivity contribution in [3.8, 4) is 6.07 Å². The van der Waals surface area contributed by atoms with Crippen molar-refractivity contribution < 1.29 is 4.79 Å². The van der Waals surface area contributed by atoms with E-state index in [4.69, 9.17) is 5.26 Å². The number of nitrogens with zero attached hydrogens (tertiary/aromatic N) is 5. The first-order valence-corrected chi connectivity index (χ1v) is 8.93. The molecular formula is C21H18N6O. The zero-order valence-electron chi connectivity index (χ0n) is 15.1. The Kier molecular flexibility index (Phi) is 4.85. The molecule has 4 rings (SSSR count). The topological polar surface area (TPSA) is 88.0 Å². The maximum atomic E-state index is 12.2. The van der Waals surface area contributed by atoms with E-state index >= 15 is 0 Å². The second-order valence-electron chi connectivity index (χ2n) is 6.36. The third kappa shape index (κ3) is 3.48. The zero-order chi connectivity index (χ0) is 19.3. The Morgan fingerprint density at radius 3 is 2.79 bits per heavy atom. The van der Waals surface area contributed by atoms with Crippen LogP contribution in [0.3, 0.4) is 0 Å². The molecule has 1 amide bonds. The van der Waals surface area contributed by atoms with E-state index in [9.17, 15) is 4.79 Å². The first-order chi connectivity index (χ1) is 13.8. The average Bonchev–Trinajstić information content (AvgIpc) is 3.28. The van der Waals surface area contributed by atoms with Crippen molar-refractivity contribution >= 4 is 34.1 Å². The predicted octanol–water partition coefficient (Wildman–Crippen LogP) is 3.05. The molecule has 2 heterocycles. The van der Waals surface area contributed by atoms with Crippen LogP contribution in [0.25, 0.3) is 21.9 Å². The number of amides is 1. The van der Waals surface area contributed by atoms with Crippen molar-refractivity contribution in [2.24, 2.45) is 5.10 Å². The fraction of sp³-hybridized carbons (Fsp3) is 0.143. The predicted molar refractivity (Wildman–Crippen MR) is 108 cm³/mol. The fourth-order valence-corrected chi connectivity index (χ4v) is 3.23. The molecule has 7 nitrogen and oxygen atoms in total. The smallest absolute Gasteiger partial charge is 0.260 e. The Bertz CT molecular complexity index is 1210. The van der Waals surface area contributed by atoms with Crippen molar-refractivity contribution in [1.82, 2.24) is 19.5 Å². The maximum absolute atomic E-state index is 12.2. The van der Waals surface area contributed by atoms with Crippen molar-refractivity contribution in [3.05, 3.63) is 66.6 Å². The largest absolute Gasteiger partial charge is 0.346 e. The second kappa shape index (κ2) is 7.76. The van der Waals surface area contributed by atoms with Crippen LogP contribution in [-0.4, -0.2) is 26.2 Å². The van der Waals surface area contributed by atoms with Gasteiger partial charge in [-0.15, -0.1) is 0 Å². The molecule has 1 N–H and O–H groups in total. The highest BCUT2D eigenvalue weighted by atomic mass is 16.2. The summed E-state index contributed by atoms with van der Waals surface area (Å²) in [5, 5.41) is 14.0. The number of imidazole rings is 1. The molecule has 0 saturated heterocycles. The molecule has 7 heteroatoms. The number of nitrogens with one attached hydrogen (secondary N) is 1. The summed E-state index contributed by atoms with van der Waals surface area (Å²) in [5.41, 5.74) is 6.26. The molecular weight excluding hydrogens is 352 g/mol. The Hall–Kier alpha value is -3.92. The number of benzene rings is 2. The lowest BCUT2D eigenvalue weighted by molar-refractivity contribution is -0.121. The number of rotatable bonds is 6. The van der Waals surface area contributed by atoms with Crippen molar-refractivity contribution in [2.75, 3.05) is 0 Å². The third-order valence-corrected chi connectivity index (χ3v) is 4.52. The van der Waals surface area contributed by atoms with Crippen LogP contribution in [0.2, 0.25) is 0 Å². The minimum atomic E-state index is -0.229. The number of aryl methyl sites for hydroxylation is 1. The number of fused-ring (bicyclic) bond motifs is 2. The van der Waals surface area contributed by atoms with Gasteiger partial charge in [0.05, 0.1) is 36.1 Å². The summed E-state index contributed by atoms with van der Waals surface area (Å²) in [6, 6.07) is 17.7. The third-order valence-electron chi connectivity index (χ3n) is 4.52. The van der Waals surface area contributed by atoms with Crippen LogP contribution in [-0.2, 0) is 17.9 Å². The van der Waals surface area contributed by atoms with Crippen LogP contribution < -0.4 is 5.43 Å². The van der Waals surface area contributed by atoms with E-state index in [1.54, 1.807) is 17.1 Å². The van der Waals surface area contributed by atoms with Crippen LogP contribution in [0.5, 0.6) is 0 Å². The molecule has 28 heavy (non-hydrogen) atoms. The first kappa shape index (κ1) is 17.5. The van der Waals surface area contributed by atoms with Gasteiger partial charge in [-0.3, -0.25) is 4.79 Å². The second-order valence-corrected chi connectivity index (χ2v) is 6.36. The van der Waals surface area contributed by atoms with Crippen LogP contribution in [0.4, 0.5) is 0 Å². The number of hydrazone groups is 1. The van der Waals surface area contributed by atoms with E-state index in [1.807, 2.05) is 59.3 Å². The van der Waals surface area contributed by atoms with E-state index in [1.165, 1.54) is 0 Å². The molecule has 0 radical (unpaired) electrons. The summed E-state index contributed by atoms with van der Waals surface area (Å²) in [6.07, 6.45) is 5.66. The standard InChI is InChI=1S/C21H18N6O/c22-10-5-11-26-13-16(17-6-1-3-8-19(17)26)12-24-25-21(28)14-27-15-23-18-7-2-4-9-20(18)27/h1-4,6-9,12-13,15H,5,11,14H2,(H,25,28)/b24-12-. The Morgan fingerprint density at radius 1 is 1.14 bits per heavy atom. The molecule has 2 aromatic heterocycles. The van der Waals surface area contributed by atoms with Gasteiger partial charge < -0.3 is 9.13 Å². The van der Waals surface area contributed by atoms with Gasteiger partial charge in [0.1, 0.15) is 6.54 Å². The summed E-state index contributed by atoms with van der Waals surface area (Å²) in [7, 11) is 0. The molecule has 2 aromatic carbocycles. The minimum Gasteiger partial charge on any atom is -0.346 e. The molecule has 0 bridgehead atoms. The number of carbonyl (C=O) groups excluding carboxylic acids is 1. The van der Waals surface area contributed by atoms with Gasteiger partial charge in [0, 0.05) is 29.2 Å². The van der Waals surface area contributed by atoms with Gasteiger partial charge in [-0.1, -0.05) is 30.3 Å². The fourth-order valence-electron chi connectivity index (χ4n) is 3.23. The lowest BCUT2D eigenvalue weighted by Crippen LogP contribution is -2.22. The van der Waals surface area contributed by atoms with E-state index in [0.29, 0.717) is 13.0 Å². The average molecular weight is 370 g/mol. The highest BCUT2D eigenvalue weighted by molar-refractivity contribution is 5.99. The summed E-state index contributed by atoms with van der Waals surface area (Å²) in [5.74, 6) is -0.229. The van der Waals surface area contributed by atoms with Crippen LogP contribution in [0, 0.1) is 11.3 Å². The van der Waals surface area contributed by atoms with E-state index in [2.05, 4.69) is 21.6 Å². The molecule has 0 aliphatic carbocycles. The van der Waals surface area contributed by atoms with Crippen LogP contribution in [0.1, 0.15) is 12.0 Å². The van der Waals surface area contributed by atoms with Gasteiger partial charge in [0.15, 0.2) is 0 Å². The molecule has 0 spiro atoms. The van der Waals surface area contributed by atoms with E-state index < -0.39 is 0 Å². The summed E-state index contributed by atoms with van der Waals surface area (Å²) < 4.78 is 3.81. The van der Waals surface area contributed by atoms with Gasteiger partial charge in [-0.05, 0) is 18.2 Å². The minimum absolute atomic E-state index is 0.141. The number of para-hydroxylation sites is 3. The monoisotopic (exact) mass is 370 g/mol. The van der Waals surface area contributed by atoms with Crippen molar-refractivity contribution in [3.63, 3.8) is 0 Å². The summed E-state index contributed by atoms with van der Waals surface area (Å²) in [6.45, 7) is 0.757. The van der Waals surface area contributed by atoms with Crippen molar-refractivity contribution in [2.45, 2.75) is 19.5 Å². The van der Waals surface area contributed by atoms with E-state index in [-0.39, 0.29) is 12.5 Å². The summed E-state index contributed by atoms with van der Waals surface area (Å²) in [4.78, 5) is 16.5. The number of hydrogen-bond donors (Lipinski definition) is 1. The Labute approximate surface area is 161 Å². The molecule has 0 aliphatic heterocycles. The first-order valence-electron chi connectivity index (χ1n) is 8.93. The number of carbonyl (C=O) groups is 1. The Morgan fingerprint density at radius 2 is 1.93 bits per heavy atom. The van der Waals surface area contributed by atoms with Crippen LogP contribution >= 0.6 is 0 Å². The molecule has 0 aliphatic rings. The van der Waals surface area contributed by atoms with Gasteiger partial charge in [0.2, 0.25) is 0 Å². The molecule has 0 unspecified atom stereocenters. The zero-order valence-corrected chi connectivity index (χ0v) is 15.1. The quantitative estimate of drug-likeness (QED) is 0.418. The van der Waals surface area contributed by atoms with Gasteiger partial charge in [-0.2, -0.15) is 10.4 Å². The molecule has 0 fully saturated rings. The molecule has 0 atom stereocenters. The van der Waals surface area contributed by atoms with Crippen LogP contribution in [0.15, 0.2) is 66.2 Å². The van der Waals surface area contributed by atoms with Gasteiger partial charge >= 0.3 is 0 Å². The highest BCUT2D eigenvalue weighted by Crippen LogP contribution is 2.20. The maximum Gasteiger partial charge on any atom is 0.260 e. The lowest BCUT2D eigenvalue weighted by atomic mass is 10.2.